The molecular weight excluding hydrogens is 216 g/mol. The SMILES string of the molecule is CC(=O)c1c2c(cn1C)C(=O)NC(C)(C)CC2. The molecule has 0 atom stereocenters. The van der Waals surface area contributed by atoms with Crippen LogP contribution in [0.5, 0.6) is 0 Å². The summed E-state index contributed by atoms with van der Waals surface area (Å²) in [4.78, 5) is 23.7. The van der Waals surface area contributed by atoms with E-state index < -0.39 is 0 Å². The highest BCUT2D eigenvalue weighted by atomic mass is 16.2. The van der Waals surface area contributed by atoms with Crippen LogP contribution < -0.4 is 5.32 Å². The zero-order valence-corrected chi connectivity index (χ0v) is 10.8. The molecule has 4 heteroatoms. The summed E-state index contributed by atoms with van der Waals surface area (Å²) in [5, 5.41) is 2.99. The Morgan fingerprint density at radius 3 is 2.71 bits per heavy atom. The molecule has 1 aromatic heterocycles. The van der Waals surface area contributed by atoms with Crippen molar-refractivity contribution < 1.29 is 9.59 Å². The minimum absolute atomic E-state index is 0.0151. The largest absolute Gasteiger partial charge is 0.347 e. The molecule has 0 unspecified atom stereocenters. The van der Waals surface area contributed by atoms with Crippen molar-refractivity contribution in [1.29, 1.82) is 0 Å². The number of carbonyl (C=O) groups excluding carboxylic acids is 2. The monoisotopic (exact) mass is 234 g/mol. The second kappa shape index (κ2) is 3.72. The zero-order chi connectivity index (χ0) is 12.8. The van der Waals surface area contributed by atoms with E-state index in [2.05, 4.69) is 5.32 Å². The molecule has 0 saturated carbocycles. The highest BCUT2D eigenvalue weighted by molar-refractivity contribution is 6.02. The number of rotatable bonds is 1. The summed E-state index contributed by atoms with van der Waals surface area (Å²) in [6, 6.07) is 0. The molecule has 0 spiro atoms. The molecule has 1 aliphatic heterocycles. The highest BCUT2D eigenvalue weighted by Gasteiger charge is 2.30. The standard InChI is InChI=1S/C13H18N2O2/c1-8(16)11-9-5-6-13(2,3)14-12(17)10(9)7-15(11)4/h7H,5-6H2,1-4H3,(H,14,17). The number of carbonyl (C=O) groups is 2. The summed E-state index contributed by atoms with van der Waals surface area (Å²) in [5.41, 5.74) is 1.98. The van der Waals surface area contributed by atoms with Crippen molar-refractivity contribution in [2.45, 2.75) is 39.2 Å². The van der Waals surface area contributed by atoms with E-state index in [1.807, 2.05) is 20.9 Å². The lowest BCUT2D eigenvalue weighted by molar-refractivity contribution is 0.0915. The van der Waals surface area contributed by atoms with Crippen molar-refractivity contribution in [3.05, 3.63) is 23.0 Å². The summed E-state index contributed by atoms with van der Waals surface area (Å²) in [6.07, 6.45) is 3.36. The number of hydrogen-bond donors (Lipinski definition) is 1. The number of nitrogens with zero attached hydrogens (tertiary/aromatic N) is 1. The van der Waals surface area contributed by atoms with Crippen LogP contribution in [0.3, 0.4) is 0 Å². The molecule has 1 aliphatic rings. The molecule has 0 aromatic carbocycles. The number of nitrogens with one attached hydrogen (secondary N) is 1. The average molecular weight is 234 g/mol. The first-order valence-corrected chi connectivity index (χ1v) is 5.83. The van der Waals surface area contributed by atoms with E-state index in [-0.39, 0.29) is 17.2 Å². The Kier molecular flexibility index (Phi) is 2.60. The van der Waals surface area contributed by atoms with Crippen LogP contribution in [0.4, 0.5) is 0 Å². The van der Waals surface area contributed by atoms with Gasteiger partial charge in [-0.25, -0.2) is 0 Å². The van der Waals surface area contributed by atoms with Crippen molar-refractivity contribution in [3.8, 4) is 0 Å². The molecule has 0 radical (unpaired) electrons. The molecule has 1 aromatic rings. The molecule has 0 fully saturated rings. The second-order valence-corrected chi connectivity index (χ2v) is 5.38. The van der Waals surface area contributed by atoms with Crippen LogP contribution in [0.25, 0.3) is 0 Å². The van der Waals surface area contributed by atoms with Gasteiger partial charge < -0.3 is 9.88 Å². The van der Waals surface area contributed by atoms with Gasteiger partial charge in [0.25, 0.3) is 5.91 Å². The van der Waals surface area contributed by atoms with Gasteiger partial charge in [0.15, 0.2) is 5.78 Å². The molecule has 2 heterocycles. The van der Waals surface area contributed by atoms with Gasteiger partial charge in [-0.15, -0.1) is 0 Å². The Balaban J connectivity index is 2.54. The normalized spacial score (nSPS) is 18.2. The summed E-state index contributed by atoms with van der Waals surface area (Å²) < 4.78 is 1.75. The van der Waals surface area contributed by atoms with Gasteiger partial charge in [0, 0.05) is 25.7 Å². The first-order valence-electron chi connectivity index (χ1n) is 5.83. The van der Waals surface area contributed by atoms with Crippen LogP contribution in [-0.2, 0) is 13.5 Å². The first kappa shape index (κ1) is 11.9. The predicted octanol–water partition coefficient (Wildman–Crippen LogP) is 1.68. The number of ketones is 1. The number of fused-ring (bicyclic) bond motifs is 1. The smallest absolute Gasteiger partial charge is 0.253 e. The van der Waals surface area contributed by atoms with Crippen LogP contribution >= 0.6 is 0 Å². The Bertz CT molecular complexity index is 498. The van der Waals surface area contributed by atoms with E-state index in [4.69, 9.17) is 0 Å². The number of Topliss-reactive ketones (excluding diaryl/α,β-unsaturated/α-hetero) is 1. The minimum atomic E-state index is -0.213. The molecule has 4 nitrogen and oxygen atoms in total. The van der Waals surface area contributed by atoms with Gasteiger partial charge in [-0.1, -0.05) is 0 Å². The van der Waals surface area contributed by atoms with E-state index in [9.17, 15) is 9.59 Å². The van der Waals surface area contributed by atoms with Gasteiger partial charge in [-0.3, -0.25) is 9.59 Å². The fourth-order valence-corrected chi connectivity index (χ4v) is 2.46. The Labute approximate surface area is 101 Å². The van der Waals surface area contributed by atoms with Crippen molar-refractivity contribution in [2.24, 2.45) is 7.05 Å². The fraction of sp³-hybridized carbons (Fsp3) is 0.538. The summed E-state index contributed by atoms with van der Waals surface area (Å²) >= 11 is 0. The number of hydrogen-bond acceptors (Lipinski definition) is 2. The third-order valence-electron chi connectivity index (χ3n) is 3.32. The first-order chi connectivity index (χ1) is 7.82. The molecule has 92 valence electrons. The molecule has 0 bridgehead atoms. The molecule has 2 rings (SSSR count). The maximum absolute atomic E-state index is 12.1. The molecule has 1 amide bonds. The Morgan fingerprint density at radius 1 is 1.47 bits per heavy atom. The minimum Gasteiger partial charge on any atom is -0.347 e. The predicted molar refractivity (Wildman–Crippen MR) is 65.3 cm³/mol. The molecule has 0 saturated heterocycles. The van der Waals surface area contributed by atoms with E-state index >= 15 is 0 Å². The van der Waals surface area contributed by atoms with Gasteiger partial charge in [0.2, 0.25) is 0 Å². The lowest BCUT2D eigenvalue weighted by Gasteiger charge is -2.23. The summed E-state index contributed by atoms with van der Waals surface area (Å²) in [6.45, 7) is 5.55. The van der Waals surface area contributed by atoms with Gasteiger partial charge in [0.05, 0.1) is 11.3 Å². The summed E-state index contributed by atoms with van der Waals surface area (Å²) in [7, 11) is 1.81. The Hall–Kier alpha value is -1.58. The topological polar surface area (TPSA) is 51.1 Å². The number of aromatic nitrogens is 1. The molecule has 1 N–H and O–H groups in total. The molecular formula is C13H18N2O2. The van der Waals surface area contributed by atoms with Gasteiger partial charge in [-0.05, 0) is 32.3 Å². The lowest BCUT2D eigenvalue weighted by atomic mass is 9.96. The van der Waals surface area contributed by atoms with Crippen LogP contribution in [0.2, 0.25) is 0 Å². The van der Waals surface area contributed by atoms with Gasteiger partial charge in [-0.2, -0.15) is 0 Å². The third kappa shape index (κ3) is 1.99. The van der Waals surface area contributed by atoms with E-state index in [0.717, 1.165) is 18.4 Å². The summed E-state index contributed by atoms with van der Waals surface area (Å²) in [5.74, 6) is -0.0631. The fourth-order valence-electron chi connectivity index (χ4n) is 2.46. The van der Waals surface area contributed by atoms with Gasteiger partial charge >= 0.3 is 0 Å². The van der Waals surface area contributed by atoms with E-state index in [1.54, 1.807) is 17.7 Å². The van der Waals surface area contributed by atoms with Crippen molar-refractivity contribution in [1.82, 2.24) is 9.88 Å². The van der Waals surface area contributed by atoms with Crippen molar-refractivity contribution >= 4 is 11.7 Å². The second-order valence-electron chi connectivity index (χ2n) is 5.38. The molecule has 17 heavy (non-hydrogen) atoms. The highest BCUT2D eigenvalue weighted by Crippen LogP contribution is 2.26. The van der Waals surface area contributed by atoms with E-state index in [0.29, 0.717) is 11.3 Å². The maximum atomic E-state index is 12.1. The van der Waals surface area contributed by atoms with Crippen molar-refractivity contribution in [3.63, 3.8) is 0 Å². The zero-order valence-electron chi connectivity index (χ0n) is 10.8. The molecule has 0 aliphatic carbocycles. The number of amides is 1. The van der Waals surface area contributed by atoms with Crippen LogP contribution in [0.15, 0.2) is 6.20 Å². The van der Waals surface area contributed by atoms with Gasteiger partial charge in [0.1, 0.15) is 0 Å². The lowest BCUT2D eigenvalue weighted by Crippen LogP contribution is -2.42. The van der Waals surface area contributed by atoms with E-state index in [1.165, 1.54) is 0 Å². The van der Waals surface area contributed by atoms with Crippen molar-refractivity contribution in [2.75, 3.05) is 0 Å². The van der Waals surface area contributed by atoms with Crippen LogP contribution in [0.1, 0.15) is 53.6 Å². The third-order valence-corrected chi connectivity index (χ3v) is 3.32. The Morgan fingerprint density at radius 2 is 2.12 bits per heavy atom. The average Bonchev–Trinajstić information content (AvgIpc) is 2.46. The van der Waals surface area contributed by atoms with Crippen LogP contribution in [-0.4, -0.2) is 21.8 Å². The maximum Gasteiger partial charge on any atom is 0.253 e. The van der Waals surface area contributed by atoms with Crippen LogP contribution in [0, 0.1) is 0 Å². The number of aryl methyl sites for hydroxylation is 1. The quantitative estimate of drug-likeness (QED) is 0.752.